The number of hydrogen-bond donors (Lipinski definition) is 1. The topological polar surface area (TPSA) is 91.8 Å². The highest BCUT2D eigenvalue weighted by atomic mass is 32.2. The van der Waals surface area contributed by atoms with Crippen LogP contribution < -0.4 is 14.4 Å². The van der Waals surface area contributed by atoms with Gasteiger partial charge in [-0.3, -0.25) is 14.7 Å². The molecule has 220 valence electrons. The molecular weight excluding hydrogens is 557 g/mol. The van der Waals surface area contributed by atoms with Gasteiger partial charge >= 0.3 is 6.18 Å². The zero-order valence-corrected chi connectivity index (χ0v) is 23.8. The van der Waals surface area contributed by atoms with E-state index >= 15 is 0 Å². The first-order chi connectivity index (χ1) is 19.4. The molecule has 12 heteroatoms. The van der Waals surface area contributed by atoms with E-state index in [1.165, 1.54) is 17.7 Å². The van der Waals surface area contributed by atoms with Crippen LogP contribution in [0.4, 0.5) is 18.9 Å². The molecule has 8 nitrogen and oxygen atoms in total. The van der Waals surface area contributed by atoms with Crippen molar-refractivity contribution >= 4 is 21.6 Å². The van der Waals surface area contributed by atoms with Crippen LogP contribution >= 0.6 is 0 Å². The van der Waals surface area contributed by atoms with Crippen molar-refractivity contribution in [3.05, 3.63) is 77.6 Å². The Labute approximate surface area is 238 Å². The minimum Gasteiger partial charge on any atom is -0.492 e. The maximum Gasteiger partial charge on any atom is 0.390 e. The van der Waals surface area contributed by atoms with Crippen LogP contribution in [-0.2, 0) is 16.6 Å². The minimum absolute atomic E-state index is 0.0576. The van der Waals surface area contributed by atoms with E-state index in [4.69, 9.17) is 4.74 Å². The number of aromatic nitrogens is 1. The number of nitrogens with one attached hydrogen (secondary N) is 1. The molecule has 0 unspecified atom stereocenters. The number of alkyl halides is 3. The summed E-state index contributed by atoms with van der Waals surface area (Å²) in [5.41, 5.74) is 5.44. The third-order valence-electron chi connectivity index (χ3n) is 6.80. The fourth-order valence-electron chi connectivity index (χ4n) is 4.71. The molecular formula is C29H33F3N4O4S. The molecule has 1 amide bonds. The van der Waals surface area contributed by atoms with Crippen LogP contribution in [-0.4, -0.2) is 68.9 Å². The number of hydrogen-bond acceptors (Lipinski definition) is 7. The van der Waals surface area contributed by atoms with Crippen molar-refractivity contribution in [2.45, 2.75) is 33.0 Å². The SMILES string of the molecule is CCOc1cncc(-c2ccc(CN3CCN(c4ccc(C(=O)NS(=O)(=O)CCC(F)(F)F)cc4)CC3)cc2C)c1. The lowest BCUT2D eigenvalue weighted by molar-refractivity contribution is -0.130. The number of rotatable bonds is 10. The zero-order valence-electron chi connectivity index (χ0n) is 22.9. The highest BCUT2D eigenvalue weighted by Crippen LogP contribution is 2.27. The molecule has 4 rings (SSSR count). The van der Waals surface area contributed by atoms with E-state index in [-0.39, 0.29) is 5.56 Å². The summed E-state index contributed by atoms with van der Waals surface area (Å²) in [7, 11) is -4.39. The lowest BCUT2D eigenvalue weighted by atomic mass is 9.99. The van der Waals surface area contributed by atoms with E-state index in [1.54, 1.807) is 23.1 Å². The van der Waals surface area contributed by atoms with E-state index in [1.807, 2.05) is 19.2 Å². The van der Waals surface area contributed by atoms with Gasteiger partial charge in [-0.15, -0.1) is 0 Å². The quantitative estimate of drug-likeness (QED) is 0.363. The van der Waals surface area contributed by atoms with Gasteiger partial charge in [0, 0.05) is 55.7 Å². The van der Waals surface area contributed by atoms with Gasteiger partial charge in [-0.25, -0.2) is 13.1 Å². The summed E-state index contributed by atoms with van der Waals surface area (Å²) in [5.74, 6) is -1.41. The standard InChI is InChI=1S/C29H33F3N4O4S/c1-3-40-26-17-24(18-33-19-26)27-9-4-22(16-21(27)2)20-35-11-13-36(14-12-35)25-7-5-23(6-8-25)28(37)34-41(38,39)15-10-29(30,31)32/h4-9,16-19H,3,10-15,20H2,1-2H3,(H,34,37). The van der Waals surface area contributed by atoms with Crippen molar-refractivity contribution < 1.29 is 31.1 Å². The van der Waals surface area contributed by atoms with Crippen LogP contribution in [0.25, 0.3) is 11.1 Å². The van der Waals surface area contributed by atoms with Crippen LogP contribution in [0.3, 0.4) is 0 Å². The van der Waals surface area contributed by atoms with Crippen LogP contribution in [0.1, 0.15) is 34.8 Å². The number of halogens is 3. The second-order valence-corrected chi connectivity index (χ2v) is 11.8. The molecule has 0 atom stereocenters. The summed E-state index contributed by atoms with van der Waals surface area (Å²) in [6, 6.07) is 14.8. The fraction of sp³-hybridized carbons (Fsp3) is 0.379. The zero-order chi connectivity index (χ0) is 29.6. The smallest absolute Gasteiger partial charge is 0.390 e. The van der Waals surface area contributed by atoms with Gasteiger partial charge in [0.15, 0.2) is 0 Å². The largest absolute Gasteiger partial charge is 0.492 e. The highest BCUT2D eigenvalue weighted by molar-refractivity contribution is 7.90. The van der Waals surface area contributed by atoms with Gasteiger partial charge in [-0.2, -0.15) is 13.2 Å². The summed E-state index contributed by atoms with van der Waals surface area (Å²) in [5, 5.41) is 0. The molecule has 1 N–H and O–H groups in total. The number of carbonyl (C=O) groups excluding carboxylic acids is 1. The summed E-state index contributed by atoms with van der Waals surface area (Å²) in [4.78, 5) is 21.1. The number of benzene rings is 2. The lowest BCUT2D eigenvalue weighted by Crippen LogP contribution is -2.46. The van der Waals surface area contributed by atoms with Crippen molar-refractivity contribution in [2.24, 2.45) is 0 Å². The molecule has 1 saturated heterocycles. The van der Waals surface area contributed by atoms with Gasteiger partial charge in [0.25, 0.3) is 5.91 Å². The fourth-order valence-corrected chi connectivity index (χ4v) is 5.71. The predicted molar refractivity (Wildman–Crippen MR) is 151 cm³/mol. The monoisotopic (exact) mass is 590 g/mol. The number of piperazine rings is 1. The first kappa shape index (κ1) is 30.3. The third kappa shape index (κ3) is 8.67. The summed E-state index contributed by atoms with van der Waals surface area (Å²) < 4.78 is 67.9. The Balaban J connectivity index is 1.29. The van der Waals surface area contributed by atoms with Gasteiger partial charge in [0.1, 0.15) is 5.75 Å². The van der Waals surface area contributed by atoms with Crippen molar-refractivity contribution in [3.63, 3.8) is 0 Å². The Morgan fingerprint density at radius 1 is 1.02 bits per heavy atom. The first-order valence-corrected chi connectivity index (χ1v) is 14.9. The highest BCUT2D eigenvalue weighted by Gasteiger charge is 2.30. The van der Waals surface area contributed by atoms with Gasteiger partial charge < -0.3 is 9.64 Å². The number of ether oxygens (including phenoxy) is 1. The average molecular weight is 591 g/mol. The maximum atomic E-state index is 12.3. The second-order valence-electron chi connectivity index (χ2n) is 9.92. The summed E-state index contributed by atoms with van der Waals surface area (Å²) in [6.07, 6.45) is -2.60. The molecule has 0 saturated carbocycles. The Kier molecular flexibility index (Phi) is 9.54. The number of aryl methyl sites for hydroxylation is 1. The van der Waals surface area contributed by atoms with Gasteiger partial charge in [0.2, 0.25) is 10.0 Å². The third-order valence-corrected chi connectivity index (χ3v) is 8.04. The number of sulfonamides is 1. The van der Waals surface area contributed by atoms with Crippen molar-refractivity contribution in [1.82, 2.24) is 14.6 Å². The van der Waals surface area contributed by atoms with E-state index in [9.17, 15) is 26.4 Å². The molecule has 0 radical (unpaired) electrons. The Morgan fingerprint density at radius 2 is 1.73 bits per heavy atom. The molecule has 2 heterocycles. The molecule has 0 bridgehead atoms. The Morgan fingerprint density at radius 3 is 2.37 bits per heavy atom. The number of anilines is 1. The second kappa shape index (κ2) is 12.9. The van der Waals surface area contributed by atoms with E-state index in [0.29, 0.717) is 6.61 Å². The number of carbonyl (C=O) groups is 1. The van der Waals surface area contributed by atoms with E-state index in [2.05, 4.69) is 39.9 Å². The average Bonchev–Trinajstić information content (AvgIpc) is 2.92. The van der Waals surface area contributed by atoms with Crippen LogP contribution in [0.5, 0.6) is 5.75 Å². The Hall–Kier alpha value is -3.64. The lowest BCUT2D eigenvalue weighted by Gasteiger charge is -2.36. The van der Waals surface area contributed by atoms with Crippen LogP contribution in [0.2, 0.25) is 0 Å². The molecule has 41 heavy (non-hydrogen) atoms. The van der Waals surface area contributed by atoms with E-state index in [0.717, 1.165) is 60.9 Å². The predicted octanol–water partition coefficient (Wildman–Crippen LogP) is 4.79. The number of amides is 1. The molecule has 0 aliphatic carbocycles. The van der Waals surface area contributed by atoms with E-state index < -0.39 is 34.3 Å². The van der Waals surface area contributed by atoms with Gasteiger partial charge in [-0.1, -0.05) is 18.2 Å². The molecule has 1 fully saturated rings. The molecule has 1 aromatic heterocycles. The maximum absolute atomic E-state index is 12.3. The van der Waals surface area contributed by atoms with Gasteiger partial charge in [-0.05, 0) is 60.9 Å². The van der Waals surface area contributed by atoms with Crippen LogP contribution in [0.15, 0.2) is 60.9 Å². The summed E-state index contributed by atoms with van der Waals surface area (Å²) >= 11 is 0. The Bertz CT molecular complexity index is 1460. The normalized spacial score (nSPS) is 14.6. The van der Waals surface area contributed by atoms with Crippen molar-refractivity contribution in [2.75, 3.05) is 43.4 Å². The molecule has 0 spiro atoms. The van der Waals surface area contributed by atoms with Crippen molar-refractivity contribution in [1.29, 1.82) is 0 Å². The number of nitrogens with zero attached hydrogens (tertiary/aromatic N) is 3. The minimum atomic E-state index is -4.62. The summed E-state index contributed by atoms with van der Waals surface area (Å²) in [6.45, 7) is 8.63. The first-order valence-electron chi connectivity index (χ1n) is 13.3. The molecule has 2 aromatic carbocycles. The molecule has 1 aliphatic heterocycles. The molecule has 1 aliphatic rings. The van der Waals surface area contributed by atoms with Crippen LogP contribution in [0, 0.1) is 6.92 Å². The van der Waals surface area contributed by atoms with Crippen molar-refractivity contribution in [3.8, 4) is 16.9 Å². The molecule has 3 aromatic rings. The number of pyridine rings is 1. The van der Waals surface area contributed by atoms with Gasteiger partial charge in [0.05, 0.1) is 25.0 Å².